The van der Waals surface area contributed by atoms with Crippen molar-refractivity contribution in [2.24, 2.45) is 0 Å². The lowest BCUT2D eigenvalue weighted by Gasteiger charge is -2.14. The fraction of sp³-hybridized carbons (Fsp3) is 0.500. The first kappa shape index (κ1) is 13.6. The lowest BCUT2D eigenvalue weighted by molar-refractivity contribution is 0.0642. The fourth-order valence-electron chi connectivity index (χ4n) is 1.92. The number of imidazole rings is 1. The van der Waals surface area contributed by atoms with Crippen LogP contribution in [0.2, 0.25) is 5.02 Å². The molecule has 2 aromatic heterocycles. The lowest BCUT2D eigenvalue weighted by Crippen LogP contribution is -2.18. The third-order valence-corrected chi connectivity index (χ3v) is 3.09. The van der Waals surface area contributed by atoms with E-state index >= 15 is 0 Å². The molecule has 0 aliphatic heterocycles. The van der Waals surface area contributed by atoms with Crippen LogP contribution < -0.4 is 0 Å². The van der Waals surface area contributed by atoms with Crippen molar-refractivity contribution in [3.05, 3.63) is 23.1 Å². The van der Waals surface area contributed by atoms with E-state index in [4.69, 9.17) is 27.9 Å². The van der Waals surface area contributed by atoms with Gasteiger partial charge in [0.05, 0.1) is 23.6 Å². The zero-order valence-corrected chi connectivity index (χ0v) is 11.9. The second kappa shape index (κ2) is 5.87. The molecule has 0 bridgehead atoms. The van der Waals surface area contributed by atoms with Crippen molar-refractivity contribution in [3.8, 4) is 0 Å². The van der Waals surface area contributed by atoms with Gasteiger partial charge in [-0.3, -0.25) is 0 Å². The van der Waals surface area contributed by atoms with Crippen LogP contribution in [0.4, 0.5) is 0 Å². The summed E-state index contributed by atoms with van der Waals surface area (Å²) in [6, 6.07) is 1.79. The SMILES string of the molecule is CCOC(C)Cn1c(CCl)nc2cc(Cl)cnc21. The van der Waals surface area contributed by atoms with Gasteiger partial charge >= 0.3 is 0 Å². The fourth-order valence-corrected chi connectivity index (χ4v) is 2.28. The predicted octanol–water partition coefficient (Wildman–Crippen LogP) is 3.25. The van der Waals surface area contributed by atoms with E-state index in [2.05, 4.69) is 9.97 Å². The summed E-state index contributed by atoms with van der Waals surface area (Å²) in [6.07, 6.45) is 1.71. The smallest absolute Gasteiger partial charge is 0.160 e. The minimum atomic E-state index is 0.0897. The minimum absolute atomic E-state index is 0.0897. The van der Waals surface area contributed by atoms with Gasteiger partial charge in [-0.25, -0.2) is 9.97 Å². The molecule has 0 aliphatic carbocycles. The number of nitrogens with zero attached hydrogens (tertiary/aromatic N) is 3. The van der Waals surface area contributed by atoms with Gasteiger partial charge < -0.3 is 9.30 Å². The molecular weight excluding hydrogens is 273 g/mol. The maximum Gasteiger partial charge on any atom is 0.160 e. The molecule has 0 fully saturated rings. The van der Waals surface area contributed by atoms with E-state index in [1.54, 1.807) is 12.3 Å². The number of halogens is 2. The molecule has 6 heteroatoms. The highest BCUT2D eigenvalue weighted by Gasteiger charge is 2.14. The summed E-state index contributed by atoms with van der Waals surface area (Å²) < 4.78 is 7.53. The summed E-state index contributed by atoms with van der Waals surface area (Å²) in [4.78, 5) is 8.75. The van der Waals surface area contributed by atoms with Crippen LogP contribution >= 0.6 is 23.2 Å². The number of fused-ring (bicyclic) bond motifs is 1. The molecule has 0 spiro atoms. The molecule has 0 saturated carbocycles. The molecule has 0 N–H and O–H groups in total. The number of rotatable bonds is 5. The molecule has 0 amide bonds. The molecule has 0 aromatic carbocycles. The molecule has 0 saturated heterocycles. The topological polar surface area (TPSA) is 39.9 Å². The van der Waals surface area contributed by atoms with Crippen LogP contribution in [0.1, 0.15) is 19.7 Å². The van der Waals surface area contributed by atoms with E-state index in [0.29, 0.717) is 24.1 Å². The van der Waals surface area contributed by atoms with Crippen LogP contribution in [-0.4, -0.2) is 27.2 Å². The zero-order chi connectivity index (χ0) is 13.1. The molecule has 0 radical (unpaired) electrons. The van der Waals surface area contributed by atoms with Gasteiger partial charge in [0.1, 0.15) is 11.3 Å². The summed E-state index contributed by atoms with van der Waals surface area (Å²) in [5.74, 6) is 1.13. The molecule has 2 rings (SSSR count). The minimum Gasteiger partial charge on any atom is -0.377 e. The summed E-state index contributed by atoms with van der Waals surface area (Å²) in [5.41, 5.74) is 1.56. The van der Waals surface area contributed by atoms with Crippen LogP contribution in [0.25, 0.3) is 11.2 Å². The van der Waals surface area contributed by atoms with Gasteiger partial charge in [0.2, 0.25) is 0 Å². The Labute approximate surface area is 116 Å². The lowest BCUT2D eigenvalue weighted by atomic mass is 10.4. The third kappa shape index (κ3) is 2.76. The summed E-state index contributed by atoms with van der Waals surface area (Å²) in [7, 11) is 0. The maximum absolute atomic E-state index is 5.92. The molecule has 0 aliphatic rings. The van der Waals surface area contributed by atoms with E-state index in [0.717, 1.165) is 17.0 Å². The quantitative estimate of drug-likeness (QED) is 0.793. The van der Waals surface area contributed by atoms with Crippen LogP contribution in [0.3, 0.4) is 0 Å². The molecule has 18 heavy (non-hydrogen) atoms. The Bertz CT molecular complexity index is 541. The standard InChI is InChI=1S/C12H15Cl2N3O/c1-3-18-8(2)7-17-11(5-13)16-10-4-9(14)6-15-12(10)17/h4,6,8H,3,5,7H2,1-2H3. The van der Waals surface area contributed by atoms with Gasteiger partial charge in [0.25, 0.3) is 0 Å². The normalized spacial score (nSPS) is 13.1. The van der Waals surface area contributed by atoms with Gasteiger partial charge in [-0.2, -0.15) is 0 Å². The highest BCUT2D eigenvalue weighted by molar-refractivity contribution is 6.31. The Morgan fingerprint density at radius 3 is 2.94 bits per heavy atom. The molecule has 2 aromatic rings. The molecule has 1 atom stereocenters. The first-order valence-corrected chi connectivity index (χ1v) is 6.75. The predicted molar refractivity (Wildman–Crippen MR) is 73.2 cm³/mol. The molecule has 2 heterocycles. The van der Waals surface area contributed by atoms with Gasteiger partial charge in [-0.15, -0.1) is 11.6 Å². The van der Waals surface area contributed by atoms with Crippen LogP contribution in [0.5, 0.6) is 0 Å². The second-order valence-corrected chi connectivity index (χ2v) is 4.74. The van der Waals surface area contributed by atoms with Crippen LogP contribution in [0.15, 0.2) is 12.3 Å². The summed E-state index contributed by atoms with van der Waals surface area (Å²) in [5, 5.41) is 0.575. The van der Waals surface area contributed by atoms with Crippen molar-refractivity contribution in [1.29, 1.82) is 0 Å². The molecule has 98 valence electrons. The maximum atomic E-state index is 5.92. The number of hydrogen-bond donors (Lipinski definition) is 0. The third-order valence-electron chi connectivity index (χ3n) is 2.64. The Balaban J connectivity index is 2.40. The monoisotopic (exact) mass is 287 g/mol. The van der Waals surface area contributed by atoms with E-state index in [1.165, 1.54) is 0 Å². The highest BCUT2D eigenvalue weighted by Crippen LogP contribution is 2.19. The second-order valence-electron chi connectivity index (χ2n) is 4.03. The van der Waals surface area contributed by atoms with Gasteiger partial charge in [0, 0.05) is 12.8 Å². The van der Waals surface area contributed by atoms with E-state index in [1.807, 2.05) is 18.4 Å². The average Bonchev–Trinajstić information content (AvgIpc) is 2.66. The van der Waals surface area contributed by atoms with Crippen molar-refractivity contribution >= 4 is 34.4 Å². The number of hydrogen-bond acceptors (Lipinski definition) is 3. The van der Waals surface area contributed by atoms with Gasteiger partial charge in [-0.05, 0) is 19.9 Å². The van der Waals surface area contributed by atoms with Crippen molar-refractivity contribution in [2.75, 3.05) is 6.61 Å². The van der Waals surface area contributed by atoms with Crippen molar-refractivity contribution in [2.45, 2.75) is 32.4 Å². The summed E-state index contributed by atoms with van der Waals surface area (Å²) >= 11 is 11.8. The summed E-state index contributed by atoms with van der Waals surface area (Å²) in [6.45, 7) is 5.36. The molecule has 4 nitrogen and oxygen atoms in total. The first-order chi connectivity index (χ1) is 8.65. The van der Waals surface area contributed by atoms with Gasteiger partial charge in [0.15, 0.2) is 5.65 Å². The zero-order valence-electron chi connectivity index (χ0n) is 10.4. The largest absolute Gasteiger partial charge is 0.377 e. The molecule has 1 unspecified atom stereocenters. The molecular formula is C12H15Cl2N3O. The number of alkyl halides is 1. The van der Waals surface area contributed by atoms with Crippen molar-refractivity contribution in [3.63, 3.8) is 0 Å². The van der Waals surface area contributed by atoms with E-state index in [-0.39, 0.29) is 6.10 Å². The average molecular weight is 288 g/mol. The Morgan fingerprint density at radius 2 is 2.28 bits per heavy atom. The van der Waals surface area contributed by atoms with Crippen LogP contribution in [0, 0.1) is 0 Å². The number of ether oxygens (including phenoxy) is 1. The Hall–Kier alpha value is -0.840. The van der Waals surface area contributed by atoms with Gasteiger partial charge in [-0.1, -0.05) is 11.6 Å². The number of aromatic nitrogens is 3. The van der Waals surface area contributed by atoms with Crippen molar-refractivity contribution in [1.82, 2.24) is 14.5 Å². The number of pyridine rings is 1. The first-order valence-electron chi connectivity index (χ1n) is 5.84. The highest BCUT2D eigenvalue weighted by atomic mass is 35.5. The van der Waals surface area contributed by atoms with Crippen molar-refractivity contribution < 1.29 is 4.74 Å². The Morgan fingerprint density at radius 1 is 1.50 bits per heavy atom. The van der Waals surface area contributed by atoms with E-state index < -0.39 is 0 Å². The van der Waals surface area contributed by atoms with E-state index in [9.17, 15) is 0 Å². The van der Waals surface area contributed by atoms with Crippen LogP contribution in [-0.2, 0) is 17.2 Å². The Kier molecular flexibility index (Phi) is 4.43.